The lowest BCUT2D eigenvalue weighted by molar-refractivity contribution is -0.143. The third-order valence-electron chi connectivity index (χ3n) is 6.65. The van der Waals surface area contributed by atoms with Gasteiger partial charge in [0.25, 0.3) is 15.9 Å². The van der Waals surface area contributed by atoms with Crippen molar-refractivity contribution in [1.29, 1.82) is 0 Å². The SMILES string of the molecule is CCCNC(=O)C(c1ccccc1)N(Cc1ccc(OC)cc1)C(=O)COc1ccc(S(=O)(=O)Nc2ccc(F)cc2)cc1. The topological polar surface area (TPSA) is 114 Å². The highest BCUT2D eigenvalue weighted by Gasteiger charge is 2.31. The summed E-state index contributed by atoms with van der Waals surface area (Å²) in [5, 5.41) is 2.91. The molecule has 2 amide bonds. The molecular weight excluding hydrogens is 585 g/mol. The number of hydrogen-bond donors (Lipinski definition) is 2. The first-order chi connectivity index (χ1) is 21.2. The van der Waals surface area contributed by atoms with Crippen LogP contribution in [0.15, 0.2) is 108 Å². The fraction of sp³-hybridized carbons (Fsp3) is 0.212. The highest BCUT2D eigenvalue weighted by Crippen LogP contribution is 2.26. The van der Waals surface area contributed by atoms with E-state index in [0.29, 0.717) is 17.9 Å². The Hall–Kier alpha value is -4.90. The highest BCUT2D eigenvalue weighted by molar-refractivity contribution is 7.92. The summed E-state index contributed by atoms with van der Waals surface area (Å²) in [7, 11) is -2.38. The maximum Gasteiger partial charge on any atom is 0.261 e. The average molecular weight is 620 g/mol. The van der Waals surface area contributed by atoms with Crippen molar-refractivity contribution in [3.8, 4) is 11.5 Å². The molecule has 44 heavy (non-hydrogen) atoms. The molecule has 2 N–H and O–H groups in total. The van der Waals surface area contributed by atoms with Crippen LogP contribution in [-0.2, 0) is 26.2 Å². The lowest BCUT2D eigenvalue weighted by atomic mass is 10.0. The number of amides is 2. The van der Waals surface area contributed by atoms with Gasteiger partial charge in [0.1, 0.15) is 23.4 Å². The van der Waals surface area contributed by atoms with Gasteiger partial charge in [-0.3, -0.25) is 14.3 Å². The summed E-state index contributed by atoms with van der Waals surface area (Å²) in [6, 6.07) is 25.8. The van der Waals surface area contributed by atoms with Crippen LogP contribution >= 0.6 is 0 Å². The number of nitrogens with one attached hydrogen (secondary N) is 2. The molecule has 0 aromatic heterocycles. The second kappa shape index (κ2) is 15.0. The Morgan fingerprint density at radius 3 is 2.11 bits per heavy atom. The summed E-state index contributed by atoms with van der Waals surface area (Å²) in [4.78, 5) is 28.6. The van der Waals surface area contributed by atoms with Crippen LogP contribution in [0.5, 0.6) is 11.5 Å². The van der Waals surface area contributed by atoms with E-state index >= 15 is 0 Å². The van der Waals surface area contributed by atoms with E-state index < -0.39 is 34.4 Å². The molecule has 0 saturated heterocycles. The maximum absolute atomic E-state index is 13.8. The molecule has 0 aliphatic carbocycles. The minimum absolute atomic E-state index is 0.0432. The van der Waals surface area contributed by atoms with Gasteiger partial charge in [0.2, 0.25) is 5.91 Å². The van der Waals surface area contributed by atoms with Crippen LogP contribution in [0.1, 0.15) is 30.5 Å². The Kier molecular flexibility index (Phi) is 10.9. The normalized spacial score (nSPS) is 11.7. The first-order valence-electron chi connectivity index (χ1n) is 14.0. The van der Waals surface area contributed by atoms with Crippen LogP contribution in [-0.4, -0.2) is 45.4 Å². The van der Waals surface area contributed by atoms with E-state index in [1.165, 1.54) is 41.3 Å². The second-order valence-corrected chi connectivity index (χ2v) is 11.5. The first-order valence-corrected chi connectivity index (χ1v) is 15.4. The molecule has 0 aliphatic heterocycles. The van der Waals surface area contributed by atoms with Crippen molar-refractivity contribution in [2.45, 2.75) is 30.8 Å². The van der Waals surface area contributed by atoms with Crippen LogP contribution in [0, 0.1) is 5.82 Å². The van der Waals surface area contributed by atoms with Gasteiger partial charge in [-0.1, -0.05) is 49.4 Å². The largest absolute Gasteiger partial charge is 0.497 e. The summed E-state index contributed by atoms with van der Waals surface area (Å²) in [6.07, 6.45) is 0.730. The smallest absolute Gasteiger partial charge is 0.261 e. The lowest BCUT2D eigenvalue weighted by Gasteiger charge is -2.31. The Labute approximate surface area is 256 Å². The van der Waals surface area contributed by atoms with E-state index in [-0.39, 0.29) is 28.8 Å². The molecule has 4 rings (SSSR count). The van der Waals surface area contributed by atoms with E-state index in [4.69, 9.17) is 9.47 Å². The monoisotopic (exact) mass is 619 g/mol. The summed E-state index contributed by atoms with van der Waals surface area (Å²) < 4.78 is 52.1. The summed E-state index contributed by atoms with van der Waals surface area (Å²) in [5.74, 6) is -0.328. The van der Waals surface area contributed by atoms with Gasteiger partial charge in [-0.2, -0.15) is 0 Å². The number of carbonyl (C=O) groups is 2. The van der Waals surface area contributed by atoms with Crippen LogP contribution in [0.4, 0.5) is 10.1 Å². The van der Waals surface area contributed by atoms with E-state index in [9.17, 15) is 22.4 Å². The molecule has 11 heteroatoms. The number of methoxy groups -OCH3 is 1. The van der Waals surface area contributed by atoms with E-state index in [0.717, 1.165) is 24.1 Å². The zero-order chi connectivity index (χ0) is 31.5. The molecule has 0 saturated carbocycles. The molecule has 1 unspecified atom stereocenters. The number of benzene rings is 4. The molecule has 0 bridgehead atoms. The van der Waals surface area contributed by atoms with Gasteiger partial charge in [0.05, 0.1) is 12.0 Å². The molecule has 0 fully saturated rings. The molecule has 0 radical (unpaired) electrons. The Bertz CT molecular complexity index is 1630. The number of ether oxygens (including phenoxy) is 2. The van der Waals surface area contributed by atoms with Crippen LogP contribution in [0.2, 0.25) is 0 Å². The van der Waals surface area contributed by atoms with Gasteiger partial charge in [-0.25, -0.2) is 12.8 Å². The molecule has 9 nitrogen and oxygen atoms in total. The number of hydrogen-bond acceptors (Lipinski definition) is 6. The maximum atomic E-state index is 13.8. The molecular formula is C33H34FN3O6S. The molecule has 0 aliphatic rings. The molecule has 230 valence electrons. The number of nitrogens with zero attached hydrogens (tertiary/aromatic N) is 1. The van der Waals surface area contributed by atoms with Gasteiger partial charge in [-0.05, 0) is 78.2 Å². The molecule has 0 heterocycles. The minimum atomic E-state index is -3.94. The Balaban J connectivity index is 1.54. The van der Waals surface area contributed by atoms with Crippen LogP contribution in [0.3, 0.4) is 0 Å². The van der Waals surface area contributed by atoms with Gasteiger partial charge in [0, 0.05) is 18.8 Å². The van der Waals surface area contributed by atoms with Gasteiger partial charge < -0.3 is 19.7 Å². The number of anilines is 1. The molecule has 0 spiro atoms. The zero-order valence-electron chi connectivity index (χ0n) is 24.4. The van der Waals surface area contributed by atoms with Crippen molar-refractivity contribution in [3.63, 3.8) is 0 Å². The van der Waals surface area contributed by atoms with Crippen molar-refractivity contribution in [2.24, 2.45) is 0 Å². The second-order valence-electron chi connectivity index (χ2n) is 9.85. The number of halogens is 1. The Morgan fingerprint density at radius 2 is 1.50 bits per heavy atom. The predicted molar refractivity (Wildman–Crippen MR) is 165 cm³/mol. The summed E-state index contributed by atoms with van der Waals surface area (Å²) in [6.45, 7) is 2.12. The van der Waals surface area contributed by atoms with Gasteiger partial charge >= 0.3 is 0 Å². The third kappa shape index (κ3) is 8.57. The predicted octanol–water partition coefficient (Wildman–Crippen LogP) is 5.31. The van der Waals surface area contributed by atoms with E-state index in [2.05, 4.69) is 10.0 Å². The van der Waals surface area contributed by atoms with Gasteiger partial charge in [-0.15, -0.1) is 0 Å². The summed E-state index contributed by atoms with van der Waals surface area (Å²) in [5.41, 5.74) is 1.64. The molecule has 1 atom stereocenters. The Morgan fingerprint density at radius 1 is 0.864 bits per heavy atom. The van der Waals surface area contributed by atoms with Crippen molar-refractivity contribution < 1.29 is 31.9 Å². The zero-order valence-corrected chi connectivity index (χ0v) is 25.2. The fourth-order valence-electron chi connectivity index (χ4n) is 4.38. The summed E-state index contributed by atoms with van der Waals surface area (Å²) >= 11 is 0. The first kappa shape index (κ1) is 32.0. The quantitative estimate of drug-likeness (QED) is 0.198. The third-order valence-corrected chi connectivity index (χ3v) is 8.05. The van der Waals surface area contributed by atoms with Gasteiger partial charge in [0.15, 0.2) is 6.61 Å². The van der Waals surface area contributed by atoms with Crippen molar-refractivity contribution in [3.05, 3.63) is 120 Å². The lowest BCUT2D eigenvalue weighted by Crippen LogP contribution is -2.45. The van der Waals surface area contributed by atoms with Crippen LogP contribution in [0.25, 0.3) is 0 Å². The van der Waals surface area contributed by atoms with Crippen molar-refractivity contribution in [2.75, 3.05) is 25.0 Å². The average Bonchev–Trinajstić information content (AvgIpc) is 3.04. The van der Waals surface area contributed by atoms with Crippen LogP contribution < -0.4 is 19.5 Å². The number of sulfonamides is 1. The van der Waals surface area contributed by atoms with Crippen molar-refractivity contribution >= 4 is 27.5 Å². The minimum Gasteiger partial charge on any atom is -0.497 e. The van der Waals surface area contributed by atoms with E-state index in [1.807, 2.05) is 37.3 Å². The number of carbonyl (C=O) groups excluding carboxylic acids is 2. The van der Waals surface area contributed by atoms with Crippen molar-refractivity contribution in [1.82, 2.24) is 10.2 Å². The van der Waals surface area contributed by atoms with E-state index in [1.54, 1.807) is 31.4 Å². The molecule has 4 aromatic carbocycles. The standard InChI is InChI=1S/C33H34FN3O6S/c1-3-21-35-33(39)32(25-7-5-4-6-8-25)37(22-24-9-15-28(42-2)16-10-24)31(38)23-43-29-17-19-30(20-18-29)44(40,41)36-27-13-11-26(34)12-14-27/h4-20,32,36H,3,21-23H2,1-2H3,(H,35,39). The molecule has 4 aromatic rings. The fourth-order valence-corrected chi connectivity index (χ4v) is 5.44. The highest BCUT2D eigenvalue weighted by atomic mass is 32.2. The number of rotatable bonds is 14.